The van der Waals surface area contributed by atoms with Crippen LogP contribution in [0.2, 0.25) is 0 Å². The molecular weight excluding hydrogens is 378 g/mol. The Bertz CT molecular complexity index is 763. The first kappa shape index (κ1) is 17.8. The summed E-state index contributed by atoms with van der Waals surface area (Å²) in [6.45, 7) is 0. The van der Waals surface area contributed by atoms with E-state index in [1.807, 2.05) is 0 Å². The molecule has 1 aromatic heterocycles. The smallest absolute Gasteiger partial charge is 0.358 e. The van der Waals surface area contributed by atoms with E-state index in [9.17, 15) is 22.8 Å². The molecule has 0 aliphatic rings. The van der Waals surface area contributed by atoms with Crippen LogP contribution in [0.15, 0.2) is 36.5 Å². The van der Waals surface area contributed by atoms with Gasteiger partial charge in [0, 0.05) is 17.3 Å². The van der Waals surface area contributed by atoms with Crippen molar-refractivity contribution in [3.63, 3.8) is 0 Å². The zero-order chi connectivity index (χ0) is 17.4. The first-order valence-electron chi connectivity index (χ1n) is 6.02. The van der Waals surface area contributed by atoms with Crippen LogP contribution in [0.4, 0.5) is 13.2 Å². The molecule has 0 aliphatic heterocycles. The Hall–Kier alpha value is -1.50. The van der Waals surface area contributed by atoms with Crippen molar-refractivity contribution >= 4 is 46.4 Å². The fourth-order valence-electron chi connectivity index (χ4n) is 1.89. The minimum atomic E-state index is -4.68. The average molecular weight is 385 g/mol. The van der Waals surface area contributed by atoms with Crippen molar-refractivity contribution in [3.05, 3.63) is 58.9 Å². The SMILES string of the molecule is O=C(c1c[nH]c(C(=O)C(Cl)(Cl)Cl)c1)c1ccccc1C(F)(F)F. The van der Waals surface area contributed by atoms with Gasteiger partial charge in [0.15, 0.2) is 5.78 Å². The van der Waals surface area contributed by atoms with Gasteiger partial charge in [-0.15, -0.1) is 0 Å². The Morgan fingerprint density at radius 3 is 2.22 bits per heavy atom. The summed E-state index contributed by atoms with van der Waals surface area (Å²) in [6, 6.07) is 5.37. The number of aromatic nitrogens is 1. The number of aromatic amines is 1. The van der Waals surface area contributed by atoms with Crippen LogP contribution in [-0.4, -0.2) is 20.3 Å². The number of carbonyl (C=O) groups is 2. The van der Waals surface area contributed by atoms with Gasteiger partial charge in [-0.2, -0.15) is 13.2 Å². The maximum Gasteiger partial charge on any atom is 0.417 e. The van der Waals surface area contributed by atoms with Gasteiger partial charge in [-0.05, 0) is 12.1 Å². The van der Waals surface area contributed by atoms with E-state index in [-0.39, 0.29) is 11.3 Å². The predicted molar refractivity (Wildman–Crippen MR) is 80.3 cm³/mol. The lowest BCUT2D eigenvalue weighted by Gasteiger charge is -2.11. The average Bonchev–Trinajstić information content (AvgIpc) is 2.93. The van der Waals surface area contributed by atoms with Crippen molar-refractivity contribution in [2.75, 3.05) is 0 Å². The Labute approximate surface area is 143 Å². The maximum atomic E-state index is 12.9. The van der Waals surface area contributed by atoms with Gasteiger partial charge in [-0.3, -0.25) is 9.59 Å². The normalized spacial score (nSPS) is 12.3. The fraction of sp³-hybridized carbons (Fsp3) is 0.143. The second-order valence-corrected chi connectivity index (χ2v) is 6.78. The number of H-pyrrole nitrogens is 1. The lowest BCUT2D eigenvalue weighted by molar-refractivity contribution is -0.137. The monoisotopic (exact) mass is 383 g/mol. The largest absolute Gasteiger partial charge is 0.417 e. The van der Waals surface area contributed by atoms with Gasteiger partial charge in [-0.25, -0.2) is 0 Å². The van der Waals surface area contributed by atoms with Crippen LogP contribution in [0.1, 0.15) is 32.0 Å². The van der Waals surface area contributed by atoms with Crippen molar-refractivity contribution in [2.45, 2.75) is 9.97 Å². The summed E-state index contributed by atoms with van der Waals surface area (Å²) in [6.07, 6.45) is -3.60. The van der Waals surface area contributed by atoms with E-state index in [0.29, 0.717) is 0 Å². The summed E-state index contributed by atoms with van der Waals surface area (Å²) in [5.41, 5.74) is -1.95. The molecule has 1 heterocycles. The molecule has 0 unspecified atom stereocenters. The number of Topliss-reactive ketones (excluding diaryl/α,β-unsaturated/α-hetero) is 1. The Balaban J connectivity index is 2.41. The summed E-state index contributed by atoms with van der Waals surface area (Å²) in [5, 5.41) is 0. The van der Waals surface area contributed by atoms with Gasteiger partial charge >= 0.3 is 6.18 Å². The third kappa shape index (κ3) is 3.88. The van der Waals surface area contributed by atoms with Crippen LogP contribution >= 0.6 is 34.8 Å². The summed E-state index contributed by atoms with van der Waals surface area (Å²) in [4.78, 5) is 26.4. The van der Waals surface area contributed by atoms with Crippen molar-refractivity contribution in [1.82, 2.24) is 4.98 Å². The highest BCUT2D eigenvalue weighted by Gasteiger charge is 2.36. The van der Waals surface area contributed by atoms with Crippen LogP contribution in [0.3, 0.4) is 0 Å². The number of ketones is 2. The fourth-order valence-corrected chi connectivity index (χ4v) is 2.20. The van der Waals surface area contributed by atoms with E-state index in [2.05, 4.69) is 4.98 Å². The van der Waals surface area contributed by atoms with Crippen molar-refractivity contribution in [3.8, 4) is 0 Å². The molecule has 2 aromatic rings. The number of carbonyl (C=O) groups excluding carboxylic acids is 2. The summed E-state index contributed by atoms with van der Waals surface area (Å²) < 4.78 is 36.6. The lowest BCUT2D eigenvalue weighted by Crippen LogP contribution is -2.19. The van der Waals surface area contributed by atoms with E-state index in [1.165, 1.54) is 12.1 Å². The van der Waals surface area contributed by atoms with Crippen molar-refractivity contribution in [1.29, 1.82) is 0 Å². The van der Waals surface area contributed by atoms with Crippen LogP contribution in [-0.2, 0) is 6.18 Å². The lowest BCUT2D eigenvalue weighted by atomic mass is 9.99. The number of hydrogen-bond donors (Lipinski definition) is 1. The van der Waals surface area contributed by atoms with Crippen LogP contribution in [0.5, 0.6) is 0 Å². The third-order valence-corrected chi connectivity index (χ3v) is 3.44. The van der Waals surface area contributed by atoms with E-state index in [1.54, 1.807) is 0 Å². The van der Waals surface area contributed by atoms with Crippen LogP contribution in [0, 0.1) is 0 Å². The second kappa shape index (κ2) is 6.19. The molecular formula is C14H7Cl3F3NO2. The minimum absolute atomic E-state index is 0.153. The van der Waals surface area contributed by atoms with Crippen LogP contribution < -0.4 is 0 Å². The Morgan fingerprint density at radius 1 is 1.04 bits per heavy atom. The highest BCUT2D eigenvalue weighted by atomic mass is 35.6. The summed E-state index contributed by atoms with van der Waals surface area (Å²) >= 11 is 16.3. The molecule has 0 atom stereocenters. The number of rotatable bonds is 3. The first-order valence-corrected chi connectivity index (χ1v) is 7.16. The molecule has 0 saturated carbocycles. The van der Waals surface area contributed by atoms with Crippen molar-refractivity contribution < 1.29 is 22.8 Å². The molecule has 1 aromatic carbocycles. The van der Waals surface area contributed by atoms with E-state index in [0.717, 1.165) is 24.4 Å². The molecule has 2 rings (SSSR count). The third-order valence-electron chi connectivity index (χ3n) is 2.92. The molecule has 122 valence electrons. The van der Waals surface area contributed by atoms with Gasteiger partial charge < -0.3 is 4.98 Å². The molecule has 0 saturated heterocycles. The topological polar surface area (TPSA) is 49.9 Å². The molecule has 9 heteroatoms. The zero-order valence-corrected chi connectivity index (χ0v) is 13.3. The Morgan fingerprint density at radius 2 is 1.65 bits per heavy atom. The number of nitrogens with one attached hydrogen (secondary N) is 1. The number of alkyl halides is 6. The molecule has 0 radical (unpaired) electrons. The molecule has 23 heavy (non-hydrogen) atoms. The van der Waals surface area contributed by atoms with E-state index < -0.39 is 32.7 Å². The molecule has 0 bridgehead atoms. The standard InChI is InChI=1S/C14H7Cl3F3NO2/c15-13(16,17)12(23)10-5-7(6-21-10)11(22)8-3-1-2-4-9(8)14(18,19)20/h1-6,21H. The highest BCUT2D eigenvalue weighted by Crippen LogP contribution is 2.33. The first-order chi connectivity index (χ1) is 10.5. The van der Waals surface area contributed by atoms with Gasteiger partial charge in [0.05, 0.1) is 11.3 Å². The maximum absolute atomic E-state index is 12.9. The number of hydrogen-bond acceptors (Lipinski definition) is 2. The highest BCUT2D eigenvalue weighted by molar-refractivity contribution is 6.77. The van der Waals surface area contributed by atoms with Gasteiger partial charge in [-0.1, -0.05) is 53.0 Å². The molecule has 0 amide bonds. The number of benzene rings is 1. The van der Waals surface area contributed by atoms with Crippen LogP contribution in [0.25, 0.3) is 0 Å². The molecule has 0 spiro atoms. The minimum Gasteiger partial charge on any atom is -0.358 e. The van der Waals surface area contributed by atoms with E-state index in [4.69, 9.17) is 34.8 Å². The quantitative estimate of drug-likeness (QED) is 0.609. The second-order valence-electron chi connectivity index (χ2n) is 4.50. The molecule has 0 fully saturated rings. The number of halogens is 6. The van der Waals surface area contributed by atoms with Gasteiger partial charge in [0.1, 0.15) is 0 Å². The summed E-state index contributed by atoms with van der Waals surface area (Å²) in [5.74, 6) is -1.83. The Kier molecular flexibility index (Phi) is 4.80. The van der Waals surface area contributed by atoms with E-state index >= 15 is 0 Å². The van der Waals surface area contributed by atoms with Gasteiger partial charge in [0.2, 0.25) is 5.78 Å². The van der Waals surface area contributed by atoms with Crippen molar-refractivity contribution in [2.24, 2.45) is 0 Å². The predicted octanol–water partition coefficient (Wildman–Crippen LogP) is 4.82. The molecule has 3 nitrogen and oxygen atoms in total. The molecule has 1 N–H and O–H groups in total. The summed E-state index contributed by atoms with van der Waals surface area (Å²) in [7, 11) is 0. The molecule has 0 aliphatic carbocycles. The van der Waals surface area contributed by atoms with Gasteiger partial charge in [0.25, 0.3) is 3.79 Å². The zero-order valence-electron chi connectivity index (χ0n) is 11.0.